The molecule has 4 amide bonds. The number of aliphatic hydroxyl groups excluding tert-OH is 1. The lowest BCUT2D eigenvalue weighted by atomic mass is 10.0. The van der Waals surface area contributed by atoms with Crippen LogP contribution in [0.1, 0.15) is 74.6 Å². The van der Waals surface area contributed by atoms with E-state index in [-0.39, 0.29) is 55.2 Å². The van der Waals surface area contributed by atoms with Crippen LogP contribution in [0.4, 0.5) is 10.5 Å². The molecule has 1 heterocycles. The molecule has 1 aliphatic heterocycles. The molecule has 10 nitrogen and oxygen atoms in total. The molecule has 236 valence electrons. The third-order valence-electron chi connectivity index (χ3n) is 7.56. The largest absolute Gasteiger partial charge is 0.490 e. The topological polar surface area (TPSA) is 120 Å². The molecule has 10 heteroatoms. The van der Waals surface area contributed by atoms with Crippen LogP contribution in [-0.2, 0) is 4.74 Å². The third-order valence-corrected chi connectivity index (χ3v) is 7.56. The molecular formula is C33H48N4O6. The minimum Gasteiger partial charge on any atom is -0.490 e. The second-order valence-electron chi connectivity index (χ2n) is 11.8. The lowest BCUT2D eigenvalue weighted by Crippen LogP contribution is -2.49. The van der Waals surface area contributed by atoms with Crippen LogP contribution in [0.2, 0.25) is 0 Å². The van der Waals surface area contributed by atoms with Gasteiger partial charge in [-0.25, -0.2) is 4.79 Å². The highest BCUT2D eigenvalue weighted by Gasteiger charge is 2.31. The number of carbonyl (C=O) groups is 3. The van der Waals surface area contributed by atoms with Gasteiger partial charge in [0.2, 0.25) is 0 Å². The van der Waals surface area contributed by atoms with Gasteiger partial charge in [0.1, 0.15) is 5.75 Å². The van der Waals surface area contributed by atoms with Gasteiger partial charge in [-0.3, -0.25) is 9.59 Å². The van der Waals surface area contributed by atoms with Gasteiger partial charge in [-0.15, -0.1) is 0 Å². The predicted molar refractivity (Wildman–Crippen MR) is 168 cm³/mol. The molecular weight excluding hydrogens is 548 g/mol. The number of nitrogens with one attached hydrogen (secondary N) is 2. The Hall–Kier alpha value is -3.63. The Bertz CT molecular complexity index is 1210. The van der Waals surface area contributed by atoms with Crippen LogP contribution in [0.5, 0.6) is 5.75 Å². The first-order valence-corrected chi connectivity index (χ1v) is 15.2. The van der Waals surface area contributed by atoms with Gasteiger partial charge in [0.15, 0.2) is 0 Å². The summed E-state index contributed by atoms with van der Waals surface area (Å²) in [5, 5.41) is 15.9. The van der Waals surface area contributed by atoms with E-state index in [4.69, 9.17) is 9.47 Å². The average molecular weight is 597 g/mol. The van der Waals surface area contributed by atoms with Crippen molar-refractivity contribution in [1.29, 1.82) is 0 Å². The highest BCUT2D eigenvalue weighted by molar-refractivity contribution is 6.05. The molecule has 3 N–H and O–H groups in total. The first kappa shape index (κ1) is 33.9. The monoisotopic (exact) mass is 596 g/mol. The number of carbonyl (C=O) groups excluding carboxylic acids is 3. The van der Waals surface area contributed by atoms with Gasteiger partial charge in [-0.1, -0.05) is 25.1 Å². The van der Waals surface area contributed by atoms with Crippen LogP contribution in [0.3, 0.4) is 0 Å². The molecule has 2 aromatic rings. The van der Waals surface area contributed by atoms with Crippen molar-refractivity contribution in [3.05, 3.63) is 59.7 Å². The number of rotatable bonds is 7. The zero-order valence-electron chi connectivity index (χ0n) is 26.3. The molecule has 0 saturated heterocycles. The maximum absolute atomic E-state index is 14.2. The number of likely N-dealkylation sites (N-methyl/N-ethyl adjacent to an activating group) is 1. The summed E-state index contributed by atoms with van der Waals surface area (Å²) in [7, 11) is 1.74. The highest BCUT2D eigenvalue weighted by Crippen LogP contribution is 2.29. The zero-order valence-corrected chi connectivity index (χ0v) is 26.3. The third kappa shape index (κ3) is 9.96. The Morgan fingerprint density at radius 3 is 2.49 bits per heavy atom. The highest BCUT2D eigenvalue weighted by atomic mass is 16.5. The summed E-state index contributed by atoms with van der Waals surface area (Å²) in [4.78, 5) is 43.0. The van der Waals surface area contributed by atoms with Gasteiger partial charge in [-0.2, -0.15) is 0 Å². The number of anilines is 1. The van der Waals surface area contributed by atoms with E-state index < -0.39 is 6.04 Å². The Morgan fingerprint density at radius 1 is 1.09 bits per heavy atom. The number of nitrogens with zero attached hydrogens (tertiary/aromatic N) is 2. The quantitative estimate of drug-likeness (QED) is 0.423. The lowest BCUT2D eigenvalue weighted by molar-refractivity contribution is -0.0122. The Morgan fingerprint density at radius 2 is 1.81 bits per heavy atom. The average Bonchev–Trinajstić information content (AvgIpc) is 2.98. The summed E-state index contributed by atoms with van der Waals surface area (Å²) in [6, 6.07) is 13.3. The molecule has 0 saturated carbocycles. The molecule has 0 unspecified atom stereocenters. The smallest absolute Gasteiger partial charge is 0.317 e. The standard InChI is InChI=1S/C33H48N4O6/c1-22(2)34-33(41)36(6)20-30-23(3)19-37(24(4)21-38)32(40)28-18-27(35-31(39)26-13-8-7-9-14-26)15-16-29(28)43-25(5)12-10-11-17-42-30/h7-9,13-16,18,22-25,30,38H,10-12,17,19-21H2,1-6H3,(H,34,41)(H,35,39)/t23-,24+,25+,30+/m1/s1. The van der Waals surface area contributed by atoms with Crippen molar-refractivity contribution in [3.63, 3.8) is 0 Å². The number of benzene rings is 2. The van der Waals surface area contributed by atoms with Crippen molar-refractivity contribution in [2.45, 2.75) is 78.2 Å². The van der Waals surface area contributed by atoms with E-state index in [1.165, 1.54) is 0 Å². The van der Waals surface area contributed by atoms with Crippen LogP contribution in [0, 0.1) is 5.92 Å². The fraction of sp³-hybridized carbons (Fsp3) is 0.545. The van der Waals surface area contributed by atoms with Gasteiger partial charge in [0.05, 0.1) is 30.4 Å². The number of hydrogen-bond donors (Lipinski definition) is 3. The van der Waals surface area contributed by atoms with E-state index in [1.807, 2.05) is 33.8 Å². The first-order chi connectivity index (χ1) is 20.5. The van der Waals surface area contributed by atoms with E-state index in [0.717, 1.165) is 19.3 Å². The normalized spacial score (nSPS) is 20.8. The molecule has 0 fully saturated rings. The summed E-state index contributed by atoms with van der Waals surface area (Å²) < 4.78 is 12.6. The predicted octanol–water partition coefficient (Wildman–Crippen LogP) is 4.78. The van der Waals surface area contributed by atoms with Crippen molar-refractivity contribution < 1.29 is 29.0 Å². The molecule has 0 aromatic heterocycles. The zero-order chi connectivity index (χ0) is 31.5. The SMILES string of the molecule is CC(C)NC(=O)N(C)C[C@@H]1OCCCC[C@H](C)Oc2ccc(NC(=O)c3ccccc3)cc2C(=O)N([C@@H](C)CO)C[C@H]1C. The summed E-state index contributed by atoms with van der Waals surface area (Å²) in [5.41, 5.74) is 1.26. The lowest BCUT2D eigenvalue weighted by Gasteiger charge is -2.36. The summed E-state index contributed by atoms with van der Waals surface area (Å²) in [6.07, 6.45) is 1.96. The summed E-state index contributed by atoms with van der Waals surface area (Å²) in [5.74, 6) is -0.358. The second kappa shape index (κ2) is 16.3. The summed E-state index contributed by atoms with van der Waals surface area (Å²) >= 11 is 0. The molecule has 0 spiro atoms. The van der Waals surface area contributed by atoms with Crippen LogP contribution < -0.4 is 15.4 Å². The minimum absolute atomic E-state index is 0.00227. The van der Waals surface area contributed by atoms with E-state index in [2.05, 4.69) is 10.6 Å². The number of urea groups is 1. The van der Waals surface area contributed by atoms with Gasteiger partial charge >= 0.3 is 6.03 Å². The number of hydrogen-bond acceptors (Lipinski definition) is 6. The van der Waals surface area contributed by atoms with Crippen molar-refractivity contribution in [2.75, 3.05) is 38.7 Å². The van der Waals surface area contributed by atoms with Crippen LogP contribution in [-0.4, -0.2) is 90.4 Å². The van der Waals surface area contributed by atoms with Crippen LogP contribution in [0.25, 0.3) is 0 Å². The fourth-order valence-electron chi connectivity index (χ4n) is 4.97. The van der Waals surface area contributed by atoms with Gasteiger partial charge in [-0.05, 0) is 77.3 Å². The van der Waals surface area contributed by atoms with E-state index >= 15 is 0 Å². The first-order valence-electron chi connectivity index (χ1n) is 15.2. The Balaban J connectivity index is 1.94. The van der Waals surface area contributed by atoms with Crippen molar-refractivity contribution in [1.82, 2.24) is 15.1 Å². The maximum atomic E-state index is 14.2. The van der Waals surface area contributed by atoms with Crippen molar-refractivity contribution in [3.8, 4) is 5.75 Å². The number of ether oxygens (including phenoxy) is 2. The Kier molecular flexibility index (Phi) is 12.8. The van der Waals surface area contributed by atoms with E-state index in [0.29, 0.717) is 35.7 Å². The number of aliphatic hydroxyl groups is 1. The molecule has 2 aromatic carbocycles. The van der Waals surface area contributed by atoms with Gasteiger partial charge in [0, 0.05) is 50.0 Å². The van der Waals surface area contributed by atoms with E-state index in [1.54, 1.807) is 66.2 Å². The van der Waals surface area contributed by atoms with Crippen molar-refractivity contribution in [2.24, 2.45) is 5.92 Å². The molecule has 43 heavy (non-hydrogen) atoms. The molecule has 0 aliphatic carbocycles. The van der Waals surface area contributed by atoms with Gasteiger partial charge in [0.25, 0.3) is 11.8 Å². The fourth-order valence-corrected chi connectivity index (χ4v) is 4.97. The van der Waals surface area contributed by atoms with E-state index in [9.17, 15) is 19.5 Å². The molecule has 0 radical (unpaired) electrons. The molecule has 4 atom stereocenters. The van der Waals surface area contributed by atoms with Crippen LogP contribution in [0.15, 0.2) is 48.5 Å². The number of fused-ring (bicyclic) bond motifs is 1. The van der Waals surface area contributed by atoms with Crippen LogP contribution >= 0.6 is 0 Å². The maximum Gasteiger partial charge on any atom is 0.317 e. The second-order valence-corrected chi connectivity index (χ2v) is 11.8. The minimum atomic E-state index is -0.502. The van der Waals surface area contributed by atoms with Crippen molar-refractivity contribution >= 4 is 23.5 Å². The van der Waals surface area contributed by atoms with Gasteiger partial charge < -0.3 is 35.0 Å². The molecule has 0 bridgehead atoms. The summed E-state index contributed by atoms with van der Waals surface area (Å²) in [6.45, 7) is 10.5. The molecule has 3 rings (SSSR count). The number of amides is 4. The molecule has 1 aliphatic rings. The Labute approximate surface area is 255 Å².